The smallest absolute Gasteiger partial charge is 0.267 e. The van der Waals surface area contributed by atoms with Crippen LogP contribution < -0.4 is 16.4 Å². The van der Waals surface area contributed by atoms with E-state index < -0.39 is 11.2 Å². The van der Waals surface area contributed by atoms with Crippen molar-refractivity contribution in [2.75, 3.05) is 12.3 Å². The van der Waals surface area contributed by atoms with Gasteiger partial charge in [0, 0.05) is 55.1 Å². The van der Waals surface area contributed by atoms with E-state index >= 15 is 0 Å². The molecule has 4 aromatic rings. The molecule has 2 fully saturated rings. The number of nitrogens with one attached hydrogen (secondary N) is 2. The molecule has 0 amide bonds. The number of nitrogens with zero attached hydrogens (tertiary/aromatic N) is 6. The number of ketones is 3. The number of aryl methyl sites for hydroxylation is 1. The Hall–Kier alpha value is -5.15. The summed E-state index contributed by atoms with van der Waals surface area (Å²) < 4.78 is 24.8. The monoisotopic (exact) mass is 719 g/mol. The fourth-order valence-electron chi connectivity index (χ4n) is 3.99. The van der Waals surface area contributed by atoms with E-state index in [1.807, 2.05) is 26.0 Å². The van der Waals surface area contributed by atoms with Gasteiger partial charge in [-0.3, -0.25) is 19.4 Å². The molecule has 0 bridgehead atoms. The standard InChI is InChI=1S/C7H7NO.C6H9N3OS.C6H8N2O.C6H8N2.C6H6O2.C5H11N/c1-6(9)7-3-2-4-8-5-7;1-4-6(7-5-2-3-5)9-11(10)8-4;1-6(9)4-8-3-2-7-5-8;1-5-3-2-4-6(7)8-5;1-5(7)6-3-2-4-8-6;1-5-3-2-4-6-5/h2-5H,1H3;5H,2-3H2,1H3,(H,7,9);2-3,5H,4H2,1H3;2-4H,1H3,(H2,7,8);2-4H,1H3;5-6H,2-4H2,1H3. The average Bonchev–Trinajstić information content (AvgIpc) is 3.56. The summed E-state index contributed by atoms with van der Waals surface area (Å²) in [6.45, 7) is 12.2. The van der Waals surface area contributed by atoms with Crippen LogP contribution >= 0.6 is 0 Å². The summed E-state index contributed by atoms with van der Waals surface area (Å²) >= 11 is -1.36. The maximum Gasteiger partial charge on any atom is 0.267 e. The molecule has 274 valence electrons. The Labute approximate surface area is 302 Å². The Balaban J connectivity index is 0.000000214. The van der Waals surface area contributed by atoms with Crippen molar-refractivity contribution in [3.63, 3.8) is 0 Å². The maximum absolute atomic E-state index is 10.8. The molecule has 14 nitrogen and oxygen atoms in total. The van der Waals surface area contributed by atoms with Gasteiger partial charge in [0.1, 0.15) is 11.6 Å². The van der Waals surface area contributed by atoms with Crippen molar-refractivity contribution >= 4 is 45.9 Å². The summed E-state index contributed by atoms with van der Waals surface area (Å²) in [7, 11) is 0. The number of furan rings is 1. The number of hydrogen-bond donors (Lipinski definition) is 3. The minimum atomic E-state index is -1.36. The van der Waals surface area contributed by atoms with Crippen LogP contribution in [0.3, 0.4) is 0 Å². The molecule has 3 aliphatic rings. The van der Waals surface area contributed by atoms with Gasteiger partial charge in [-0.05, 0) is 103 Å². The topological polar surface area (TPSA) is 200 Å². The van der Waals surface area contributed by atoms with Crippen LogP contribution in [0.2, 0.25) is 0 Å². The van der Waals surface area contributed by atoms with Crippen LogP contribution in [-0.2, 0) is 22.5 Å². The van der Waals surface area contributed by atoms with E-state index in [0.717, 1.165) is 17.4 Å². The first-order valence-electron chi connectivity index (χ1n) is 16.5. The number of hydrogen-bond acceptors (Lipinski definition) is 11. The first-order chi connectivity index (χ1) is 24.3. The molecule has 15 heteroatoms. The molecule has 7 rings (SSSR count). The Kier molecular flexibility index (Phi) is 19.2. The highest BCUT2D eigenvalue weighted by molar-refractivity contribution is 7.83. The average molecular weight is 720 g/mol. The number of carbonyl (C=O) groups excluding carboxylic acids is 3. The van der Waals surface area contributed by atoms with Crippen LogP contribution in [-0.4, -0.2) is 71.3 Å². The van der Waals surface area contributed by atoms with Crippen LogP contribution in [0.4, 0.5) is 5.82 Å². The van der Waals surface area contributed by atoms with Crippen molar-refractivity contribution in [3.8, 4) is 0 Å². The number of carbonyl (C=O) groups is 3. The van der Waals surface area contributed by atoms with Gasteiger partial charge in [0.2, 0.25) is 0 Å². The Morgan fingerprint density at radius 1 is 0.980 bits per heavy atom. The lowest BCUT2D eigenvalue weighted by Crippen LogP contribution is -2.29. The number of aromatic nitrogens is 4. The van der Waals surface area contributed by atoms with Gasteiger partial charge in [-0.2, -0.15) is 4.40 Å². The number of imidazole rings is 1. The molecule has 1 aliphatic carbocycles. The van der Waals surface area contributed by atoms with Gasteiger partial charge in [-0.15, -0.1) is 4.40 Å². The molecule has 2 atom stereocenters. The molecule has 51 heavy (non-hydrogen) atoms. The zero-order valence-electron chi connectivity index (χ0n) is 30.1. The Bertz CT molecular complexity index is 1680. The fourth-order valence-corrected chi connectivity index (χ4v) is 4.69. The molecule has 1 saturated heterocycles. The second kappa shape index (κ2) is 23.3. The first kappa shape index (κ1) is 42.0. The van der Waals surface area contributed by atoms with E-state index in [1.165, 1.54) is 52.3 Å². The predicted octanol–water partition coefficient (Wildman–Crippen LogP) is 5.16. The van der Waals surface area contributed by atoms with Crippen molar-refractivity contribution in [3.05, 3.63) is 96.9 Å². The van der Waals surface area contributed by atoms with Crippen LogP contribution in [0.5, 0.6) is 0 Å². The summed E-state index contributed by atoms with van der Waals surface area (Å²) in [5.74, 6) is 1.90. The molecule has 6 heterocycles. The molecule has 4 N–H and O–H groups in total. The molecule has 2 unspecified atom stereocenters. The largest absolute Gasteiger partial charge is 0.461 e. The maximum atomic E-state index is 10.8. The van der Waals surface area contributed by atoms with Gasteiger partial charge in [0.25, 0.3) is 11.2 Å². The Morgan fingerprint density at radius 3 is 2.10 bits per heavy atom. The van der Waals surface area contributed by atoms with E-state index in [9.17, 15) is 18.6 Å². The number of nitrogens with two attached hydrogens (primary N) is 1. The van der Waals surface area contributed by atoms with Crippen molar-refractivity contribution in [1.82, 2.24) is 30.2 Å². The minimum Gasteiger partial charge on any atom is -0.461 e. The summed E-state index contributed by atoms with van der Waals surface area (Å²) in [4.78, 5) is 43.0. The lowest BCUT2D eigenvalue weighted by Gasteiger charge is -2.00. The van der Waals surface area contributed by atoms with Crippen molar-refractivity contribution in [1.29, 1.82) is 0 Å². The van der Waals surface area contributed by atoms with Crippen molar-refractivity contribution in [2.24, 2.45) is 8.80 Å². The van der Waals surface area contributed by atoms with Gasteiger partial charge in [0.15, 0.2) is 23.2 Å². The first-order valence-corrected chi connectivity index (χ1v) is 17.6. The fraction of sp³-hybridized carbons (Fsp3) is 0.389. The second-order valence-electron chi connectivity index (χ2n) is 11.7. The molecular formula is C36H49N9O5S. The highest BCUT2D eigenvalue weighted by atomic mass is 32.2. The third-order valence-corrected chi connectivity index (χ3v) is 7.53. The zero-order chi connectivity index (χ0) is 37.6. The number of anilines is 1. The molecule has 2 aliphatic heterocycles. The van der Waals surface area contributed by atoms with Crippen LogP contribution in [0.25, 0.3) is 0 Å². The van der Waals surface area contributed by atoms with E-state index in [2.05, 4.69) is 41.3 Å². The molecule has 0 aromatic carbocycles. The van der Waals surface area contributed by atoms with E-state index in [-0.39, 0.29) is 17.3 Å². The summed E-state index contributed by atoms with van der Waals surface area (Å²) in [5.41, 5.74) is 7.73. The summed E-state index contributed by atoms with van der Waals surface area (Å²) in [5, 5.41) is 6.48. The summed E-state index contributed by atoms with van der Waals surface area (Å²) in [6, 6.07) is 13.7. The van der Waals surface area contributed by atoms with E-state index in [0.29, 0.717) is 35.6 Å². The van der Waals surface area contributed by atoms with Gasteiger partial charge >= 0.3 is 0 Å². The molecule has 4 aromatic heterocycles. The summed E-state index contributed by atoms with van der Waals surface area (Å²) in [6.07, 6.45) is 14.9. The van der Waals surface area contributed by atoms with Crippen molar-refractivity contribution < 1.29 is 23.0 Å². The van der Waals surface area contributed by atoms with Gasteiger partial charge in [0.05, 0.1) is 24.8 Å². The predicted molar refractivity (Wildman–Crippen MR) is 201 cm³/mol. The van der Waals surface area contributed by atoms with Gasteiger partial charge in [-0.25, -0.2) is 14.2 Å². The molecule has 0 radical (unpaired) electrons. The van der Waals surface area contributed by atoms with Crippen LogP contribution in [0, 0.1) is 6.92 Å². The molecule has 0 spiro atoms. The van der Waals surface area contributed by atoms with Gasteiger partial charge < -0.3 is 25.4 Å². The second-order valence-corrected chi connectivity index (χ2v) is 12.6. The lowest BCUT2D eigenvalue weighted by atomic mass is 10.2. The van der Waals surface area contributed by atoms with E-state index in [4.69, 9.17) is 10.2 Å². The van der Waals surface area contributed by atoms with Crippen molar-refractivity contribution in [2.45, 2.75) is 85.9 Å². The lowest BCUT2D eigenvalue weighted by molar-refractivity contribution is -0.117. The van der Waals surface area contributed by atoms with E-state index in [1.54, 1.807) is 72.9 Å². The number of Topliss-reactive ketones (excluding diaryl/α,β-unsaturated/α-hetero) is 3. The Morgan fingerprint density at radius 2 is 1.75 bits per heavy atom. The van der Waals surface area contributed by atoms with Crippen LogP contribution in [0.1, 0.15) is 86.9 Å². The number of nitrogen functional groups attached to an aromatic ring is 1. The number of rotatable bonds is 5. The van der Waals surface area contributed by atoms with Gasteiger partial charge in [-0.1, -0.05) is 6.07 Å². The highest BCUT2D eigenvalue weighted by Crippen LogP contribution is 2.19. The quantitative estimate of drug-likeness (QED) is 0.230. The zero-order valence-corrected chi connectivity index (χ0v) is 30.9. The highest BCUT2D eigenvalue weighted by Gasteiger charge is 2.25. The molecular weight excluding hydrogens is 671 g/mol. The normalized spacial score (nSPS) is 16.6. The minimum absolute atomic E-state index is 0.0324. The SMILES string of the molecule is CC(=O)Cn1ccnc1.CC(=O)c1cccnc1.CC(=O)c1ccco1.CC1=NS(=O)N=C1NC1CC1.CC1CCCN1.Cc1cccc(N)n1. The third-order valence-electron chi connectivity index (χ3n) is 6.76. The molecule has 1 saturated carbocycles. The van der Waals surface area contributed by atoms with Crippen LogP contribution in [0.15, 0.2) is 93.1 Å². The third kappa shape index (κ3) is 19.6. The number of amidine groups is 1. The number of pyridine rings is 2.